The van der Waals surface area contributed by atoms with E-state index in [0.717, 1.165) is 0 Å². The summed E-state index contributed by atoms with van der Waals surface area (Å²) in [5, 5.41) is 31.5. The van der Waals surface area contributed by atoms with Crippen molar-refractivity contribution in [1.29, 1.82) is 0 Å². The normalized spacial score (nSPS) is 18.7. The van der Waals surface area contributed by atoms with Crippen LogP contribution < -0.4 is 65.5 Å². The number of aliphatic imine (C=N–C) groups is 1. The van der Waals surface area contributed by atoms with Gasteiger partial charge in [0, 0.05) is 37.6 Å². The Morgan fingerprint density at radius 2 is 1.09 bits per heavy atom. The van der Waals surface area contributed by atoms with Gasteiger partial charge in [0.05, 0.1) is 6.04 Å². The van der Waals surface area contributed by atoms with Crippen LogP contribution in [0.1, 0.15) is 126 Å². The molecule has 27 nitrogen and oxygen atoms in total. The Balaban J connectivity index is 1.79. The number of rotatable bonds is 34. The number of phenols is 1. The number of nitrogens with two attached hydrogens (primary N) is 4. The first-order valence-corrected chi connectivity index (χ1v) is 30.9. The van der Waals surface area contributed by atoms with Crippen LogP contribution in [-0.4, -0.2) is 183 Å². The van der Waals surface area contributed by atoms with E-state index in [1.54, 1.807) is 27.7 Å². The van der Waals surface area contributed by atoms with Crippen LogP contribution in [0, 0.1) is 23.7 Å². The molecule has 2 aliphatic rings. The quantitative estimate of drug-likeness (QED) is 0.0159. The fourth-order valence-corrected chi connectivity index (χ4v) is 10.5. The fraction of sp³-hybridized carbons (Fsp3) is 0.684. The summed E-state index contributed by atoms with van der Waals surface area (Å²) in [6.07, 6.45) is 2.96. The van der Waals surface area contributed by atoms with Crippen LogP contribution in [0.5, 0.6) is 5.75 Å². The molecule has 3 rings (SSSR count). The number of amides is 11. The monoisotopic (exact) mass is 1250 g/mol. The second-order valence-electron chi connectivity index (χ2n) is 23.2. The number of hydrogen-bond donors (Lipinski definition) is 15. The van der Waals surface area contributed by atoms with Gasteiger partial charge < -0.3 is 80.4 Å². The number of thiol groups is 2. The van der Waals surface area contributed by atoms with Gasteiger partial charge in [0.25, 0.3) is 0 Å². The molecule has 0 aromatic heterocycles. The summed E-state index contributed by atoms with van der Waals surface area (Å²) in [7, 11) is 0. The molecule has 482 valence electrons. The van der Waals surface area contributed by atoms with Gasteiger partial charge in [-0.05, 0) is 93.2 Å². The highest BCUT2D eigenvalue weighted by Gasteiger charge is 2.44. The molecule has 0 spiro atoms. The summed E-state index contributed by atoms with van der Waals surface area (Å²) in [6, 6.07) is -6.75. The van der Waals surface area contributed by atoms with Gasteiger partial charge in [0.2, 0.25) is 65.0 Å². The molecule has 1 aromatic rings. The van der Waals surface area contributed by atoms with Crippen LogP contribution in [0.25, 0.3) is 0 Å². The number of nitrogens with zero attached hydrogens (tertiary/aromatic N) is 3. The topological polar surface area (TPSA) is 427 Å². The second kappa shape index (κ2) is 35.7. The summed E-state index contributed by atoms with van der Waals surface area (Å²) in [5.74, 6) is -9.32. The molecule has 11 amide bonds. The highest BCUT2D eigenvalue weighted by Crippen LogP contribution is 2.25. The van der Waals surface area contributed by atoms with E-state index in [1.807, 2.05) is 27.7 Å². The van der Waals surface area contributed by atoms with Crippen molar-refractivity contribution in [2.24, 2.45) is 51.6 Å². The number of aromatic hydroxyl groups is 1. The van der Waals surface area contributed by atoms with E-state index in [9.17, 15) is 57.8 Å². The Hall–Kier alpha value is -6.88. The van der Waals surface area contributed by atoms with Crippen molar-refractivity contribution in [3.8, 4) is 5.75 Å². The van der Waals surface area contributed by atoms with Gasteiger partial charge in [-0.25, -0.2) is 0 Å². The lowest BCUT2D eigenvalue weighted by Gasteiger charge is -2.34. The van der Waals surface area contributed by atoms with E-state index in [4.69, 9.17) is 22.9 Å². The first-order valence-electron chi connectivity index (χ1n) is 29.6. The smallest absolute Gasteiger partial charge is 0.246 e. The molecule has 0 aliphatic carbocycles. The highest BCUT2D eigenvalue weighted by atomic mass is 32.1. The molecule has 0 saturated carbocycles. The number of hydrogen-bond acceptors (Lipinski definition) is 16. The Bertz CT molecular complexity index is 2540. The fourth-order valence-electron chi connectivity index (χ4n) is 9.96. The van der Waals surface area contributed by atoms with Gasteiger partial charge in [0.15, 0.2) is 5.96 Å². The maximum atomic E-state index is 14.7. The summed E-state index contributed by atoms with van der Waals surface area (Å²) < 4.78 is 0. The predicted molar refractivity (Wildman–Crippen MR) is 330 cm³/mol. The zero-order valence-corrected chi connectivity index (χ0v) is 52.8. The van der Waals surface area contributed by atoms with E-state index in [1.165, 1.54) is 41.0 Å². The maximum Gasteiger partial charge on any atom is 0.246 e. The standard InChI is InChI=1S/C57H95N15O12S2/c1-10-31(7)44(54(82)66-39(27-85)46(59)74)69-52(80)42-17-13-23-71(42)55(83)38(25-29(3)4)65-51(79)41-16-14-24-72(41)56(84)45(32(8)11-2)70-47(75)33(9)63-49(77)37(26-34-18-20-35(73)21-19-34)64-50(78)40(28-86)67-53(81)43(30(5)6)68-48(76)36(58)15-12-22-62-57(60)61/h18-21,29-33,36-45,73,85-86H,10-17,22-28,58H2,1-9H3,(H2,59,74)(H,63,77)(H,64,78)(H,65,79)(H,66,82)(H,67,81)(H,68,76)(H,69,80)(H,70,75)(H4,60,61,62)/t31-,32-,33-,36-,37-,38-,39-,40-,41-,42-,43-,44-,45-/m0/s1. The van der Waals surface area contributed by atoms with Gasteiger partial charge in [0.1, 0.15) is 66.2 Å². The number of primary amides is 1. The van der Waals surface area contributed by atoms with E-state index >= 15 is 0 Å². The number of phenolic OH excluding ortho intramolecular Hbond substituents is 1. The molecule has 0 bridgehead atoms. The average Bonchev–Trinajstić information content (AvgIpc) is 2.92. The number of carbonyl (C=O) groups is 11. The predicted octanol–water partition coefficient (Wildman–Crippen LogP) is -1.66. The van der Waals surface area contributed by atoms with E-state index < -0.39 is 143 Å². The van der Waals surface area contributed by atoms with Gasteiger partial charge in [-0.3, -0.25) is 57.7 Å². The van der Waals surface area contributed by atoms with Crippen molar-refractivity contribution in [3.05, 3.63) is 29.8 Å². The maximum absolute atomic E-state index is 14.7. The molecular formula is C57H95N15O12S2. The number of likely N-dealkylation sites (tertiary alicyclic amines) is 2. The summed E-state index contributed by atoms with van der Waals surface area (Å²) in [5.41, 5.74) is 22.7. The lowest BCUT2D eigenvalue weighted by molar-refractivity contribution is -0.145. The molecule has 2 saturated heterocycles. The molecule has 0 unspecified atom stereocenters. The van der Waals surface area contributed by atoms with E-state index in [-0.39, 0.29) is 86.8 Å². The minimum absolute atomic E-state index is 0.0582. The van der Waals surface area contributed by atoms with Crippen LogP contribution in [0.2, 0.25) is 0 Å². The Labute approximate surface area is 515 Å². The number of guanidine groups is 1. The zero-order chi connectivity index (χ0) is 64.7. The third-order valence-electron chi connectivity index (χ3n) is 15.5. The Morgan fingerprint density at radius 1 is 0.593 bits per heavy atom. The number of benzene rings is 1. The van der Waals surface area contributed by atoms with Crippen molar-refractivity contribution in [1.82, 2.24) is 52.3 Å². The Kier molecular flexibility index (Phi) is 30.4. The summed E-state index contributed by atoms with van der Waals surface area (Å²) >= 11 is 8.41. The summed E-state index contributed by atoms with van der Waals surface area (Å²) in [4.78, 5) is 158. The van der Waals surface area contributed by atoms with Crippen molar-refractivity contribution in [2.75, 3.05) is 31.1 Å². The molecule has 2 heterocycles. The van der Waals surface area contributed by atoms with Crippen molar-refractivity contribution in [2.45, 2.75) is 193 Å². The van der Waals surface area contributed by atoms with Crippen LogP contribution >= 0.6 is 25.3 Å². The molecule has 86 heavy (non-hydrogen) atoms. The highest BCUT2D eigenvalue weighted by molar-refractivity contribution is 7.80. The lowest BCUT2D eigenvalue weighted by Crippen LogP contribution is -2.61. The lowest BCUT2D eigenvalue weighted by atomic mass is 9.96. The molecule has 0 radical (unpaired) electrons. The van der Waals surface area contributed by atoms with Crippen LogP contribution in [0.15, 0.2) is 29.3 Å². The van der Waals surface area contributed by atoms with Crippen molar-refractivity contribution < 1.29 is 57.8 Å². The third kappa shape index (κ3) is 22.1. The van der Waals surface area contributed by atoms with Crippen molar-refractivity contribution in [3.63, 3.8) is 0 Å². The molecule has 2 aliphatic heterocycles. The van der Waals surface area contributed by atoms with E-state index in [0.29, 0.717) is 37.7 Å². The first kappa shape index (κ1) is 73.4. The van der Waals surface area contributed by atoms with Gasteiger partial charge in [-0.2, -0.15) is 25.3 Å². The zero-order valence-electron chi connectivity index (χ0n) is 51.1. The molecule has 17 N–H and O–H groups in total. The minimum Gasteiger partial charge on any atom is -0.508 e. The van der Waals surface area contributed by atoms with E-state index in [2.05, 4.69) is 72.8 Å². The number of carbonyl (C=O) groups excluding carboxylic acids is 11. The molecule has 1 aromatic carbocycles. The molecular weight excluding hydrogens is 1150 g/mol. The largest absolute Gasteiger partial charge is 0.508 e. The SMILES string of the molecule is CC[C@H](C)[C@H](NC(=O)[C@@H]1CCCN1C(=O)[C@H](CC(C)C)NC(=O)[C@@H]1CCCN1C(=O)[C@@H](NC(=O)[C@H](C)NC(=O)[C@H](Cc1ccc(O)cc1)NC(=O)[C@H](CS)NC(=O)[C@@H](NC(=O)[C@@H](N)CCCN=C(N)N)C(C)C)[C@@H](C)CC)C(=O)N[C@@H](CS)C(N)=O. The number of nitrogens with one attached hydrogen (secondary N) is 8. The van der Waals surface area contributed by atoms with Gasteiger partial charge in [-0.15, -0.1) is 0 Å². The van der Waals surface area contributed by atoms with Crippen molar-refractivity contribution >= 4 is 96.2 Å². The summed E-state index contributed by atoms with van der Waals surface area (Å²) in [6.45, 7) is 16.3. The minimum atomic E-state index is -1.38. The van der Waals surface area contributed by atoms with Crippen LogP contribution in [-0.2, 0) is 59.2 Å². The molecule has 29 heteroatoms. The second-order valence-corrected chi connectivity index (χ2v) is 23.9. The average molecular weight is 1250 g/mol. The molecule has 2 fully saturated rings. The first-order chi connectivity index (χ1) is 40.5. The Morgan fingerprint density at radius 3 is 1.62 bits per heavy atom. The molecule has 13 atom stereocenters. The third-order valence-corrected chi connectivity index (χ3v) is 16.3. The van der Waals surface area contributed by atoms with Gasteiger partial charge >= 0.3 is 0 Å². The van der Waals surface area contributed by atoms with Crippen LogP contribution in [0.4, 0.5) is 0 Å². The van der Waals surface area contributed by atoms with Crippen LogP contribution in [0.3, 0.4) is 0 Å². The van der Waals surface area contributed by atoms with Gasteiger partial charge in [-0.1, -0.05) is 80.4 Å².